The van der Waals surface area contributed by atoms with Gasteiger partial charge in [-0.1, -0.05) is 5.46 Å². The first kappa shape index (κ1) is 8.35. The molecule has 2 rings (SSSR count). The normalized spacial score (nSPS) is 18.2. The third kappa shape index (κ3) is 1.15. The van der Waals surface area contributed by atoms with Crippen LogP contribution >= 0.6 is 0 Å². The highest BCUT2D eigenvalue weighted by Crippen LogP contribution is 2.43. The van der Waals surface area contributed by atoms with Crippen molar-refractivity contribution in [2.45, 2.75) is 18.4 Å². The molecule has 4 nitrogen and oxygen atoms in total. The lowest BCUT2D eigenvalue weighted by Gasteiger charge is -2.12. The molecule has 0 unspecified atom stereocenters. The van der Waals surface area contributed by atoms with Crippen molar-refractivity contribution in [3.05, 3.63) is 12.4 Å². The van der Waals surface area contributed by atoms with Crippen molar-refractivity contribution in [2.24, 2.45) is 0 Å². The predicted molar refractivity (Wildman–Crippen MR) is 46.8 cm³/mol. The van der Waals surface area contributed by atoms with Crippen LogP contribution in [0.15, 0.2) is 12.4 Å². The number of rotatable bonds is 2. The molecule has 0 aromatic carbocycles. The van der Waals surface area contributed by atoms with Gasteiger partial charge in [0.15, 0.2) is 5.54 Å². The van der Waals surface area contributed by atoms with E-state index in [0.29, 0.717) is 5.46 Å². The summed E-state index contributed by atoms with van der Waals surface area (Å²) in [5.74, 6) is -0.240. The maximum absolute atomic E-state index is 11.4. The third-order valence-electron chi connectivity index (χ3n) is 2.33. The van der Waals surface area contributed by atoms with Crippen LogP contribution in [0.25, 0.3) is 0 Å². The van der Waals surface area contributed by atoms with E-state index in [4.69, 9.17) is 12.6 Å². The molecule has 0 saturated heterocycles. The Labute approximate surface area is 77.3 Å². The Morgan fingerprint density at radius 3 is 2.85 bits per heavy atom. The molecular weight excluding hydrogens is 167 g/mol. The van der Waals surface area contributed by atoms with Gasteiger partial charge in [-0.15, -0.1) is 0 Å². The lowest BCUT2D eigenvalue weighted by Crippen LogP contribution is -2.29. The third-order valence-corrected chi connectivity index (χ3v) is 2.33. The Morgan fingerprint density at radius 2 is 2.46 bits per heavy atom. The van der Waals surface area contributed by atoms with E-state index in [9.17, 15) is 4.79 Å². The molecule has 13 heavy (non-hydrogen) atoms. The fourth-order valence-corrected chi connectivity index (χ4v) is 1.41. The smallest absolute Gasteiger partial charge is 0.333 e. The van der Waals surface area contributed by atoms with Gasteiger partial charge in [0.25, 0.3) is 0 Å². The Bertz CT molecular complexity index is 344. The zero-order chi connectivity index (χ0) is 9.47. The summed E-state index contributed by atoms with van der Waals surface area (Å²) in [5.41, 5.74) is 0.00185. The van der Waals surface area contributed by atoms with E-state index in [1.165, 1.54) is 13.3 Å². The van der Waals surface area contributed by atoms with Crippen molar-refractivity contribution < 1.29 is 9.53 Å². The highest BCUT2D eigenvalue weighted by Gasteiger charge is 2.53. The lowest BCUT2D eigenvalue weighted by atomic mass is 10.0. The van der Waals surface area contributed by atoms with Gasteiger partial charge in [-0.05, 0) is 12.8 Å². The van der Waals surface area contributed by atoms with Gasteiger partial charge in [-0.2, -0.15) is 5.10 Å². The van der Waals surface area contributed by atoms with Crippen LogP contribution in [0.5, 0.6) is 0 Å². The van der Waals surface area contributed by atoms with E-state index < -0.39 is 5.54 Å². The van der Waals surface area contributed by atoms with Crippen molar-refractivity contribution in [3.8, 4) is 0 Å². The molecule has 0 amide bonds. The number of hydrogen-bond donors (Lipinski definition) is 0. The van der Waals surface area contributed by atoms with Crippen molar-refractivity contribution in [1.82, 2.24) is 9.78 Å². The number of methoxy groups -OCH3 is 1. The number of ether oxygens (including phenoxy) is 1. The van der Waals surface area contributed by atoms with E-state index in [-0.39, 0.29) is 5.97 Å². The molecular formula is C8H9BN2O2. The van der Waals surface area contributed by atoms with Crippen LogP contribution in [0.1, 0.15) is 12.8 Å². The second kappa shape index (κ2) is 2.62. The van der Waals surface area contributed by atoms with E-state index in [1.807, 2.05) is 0 Å². The average Bonchev–Trinajstić information content (AvgIpc) is 2.83. The Hall–Kier alpha value is -1.26. The number of aromatic nitrogens is 2. The molecule has 0 N–H and O–H groups in total. The van der Waals surface area contributed by atoms with Crippen molar-refractivity contribution in [2.75, 3.05) is 7.11 Å². The number of carbonyl (C=O) groups excluding carboxylic acids is 1. The summed E-state index contributed by atoms with van der Waals surface area (Å²) in [4.78, 5) is 11.4. The minimum absolute atomic E-state index is 0.240. The zero-order valence-electron chi connectivity index (χ0n) is 7.36. The molecule has 0 aliphatic heterocycles. The molecule has 1 aliphatic carbocycles. The fourth-order valence-electron chi connectivity index (χ4n) is 1.41. The summed E-state index contributed by atoms with van der Waals surface area (Å²) >= 11 is 0. The SMILES string of the molecule is [B]c1cnn(C2(C(=O)OC)CC2)c1. The standard InChI is InChI=1S/C8H9BN2O2/c1-13-7(12)8(2-3-8)11-5-6(9)4-10-11/h4-5H,2-3H2,1H3. The summed E-state index contributed by atoms with van der Waals surface area (Å²) in [6.07, 6.45) is 4.74. The first-order valence-electron chi connectivity index (χ1n) is 4.08. The molecule has 66 valence electrons. The molecule has 0 atom stereocenters. The van der Waals surface area contributed by atoms with Crippen molar-refractivity contribution in [3.63, 3.8) is 0 Å². The molecule has 0 bridgehead atoms. The second-order valence-corrected chi connectivity index (χ2v) is 3.24. The first-order chi connectivity index (χ1) is 6.19. The van der Waals surface area contributed by atoms with Gasteiger partial charge in [0.05, 0.1) is 7.11 Å². The molecule has 1 aliphatic rings. The Kier molecular flexibility index (Phi) is 1.68. The molecule has 0 spiro atoms. The van der Waals surface area contributed by atoms with Crippen LogP contribution in [-0.4, -0.2) is 30.7 Å². The molecule has 2 radical (unpaired) electrons. The summed E-state index contributed by atoms with van der Waals surface area (Å²) in [6, 6.07) is 0. The van der Waals surface area contributed by atoms with Gasteiger partial charge in [0.1, 0.15) is 7.85 Å². The monoisotopic (exact) mass is 176 g/mol. The number of nitrogens with zero attached hydrogens (tertiary/aromatic N) is 2. The quantitative estimate of drug-likeness (QED) is 0.443. The van der Waals surface area contributed by atoms with E-state index in [2.05, 4.69) is 5.10 Å². The highest BCUT2D eigenvalue weighted by molar-refractivity contribution is 6.31. The van der Waals surface area contributed by atoms with Gasteiger partial charge in [0, 0.05) is 12.4 Å². The van der Waals surface area contributed by atoms with Crippen LogP contribution in [0.2, 0.25) is 0 Å². The maximum Gasteiger partial charge on any atom is 0.333 e. The second-order valence-electron chi connectivity index (χ2n) is 3.24. The van der Waals surface area contributed by atoms with Gasteiger partial charge >= 0.3 is 5.97 Å². The molecule has 1 aromatic rings. The van der Waals surface area contributed by atoms with E-state index in [0.717, 1.165) is 12.8 Å². The Balaban J connectivity index is 2.30. The first-order valence-corrected chi connectivity index (χ1v) is 4.08. The summed E-state index contributed by atoms with van der Waals surface area (Å²) < 4.78 is 6.29. The predicted octanol–water partition coefficient (Wildman–Crippen LogP) is -0.661. The molecule has 1 saturated carbocycles. The van der Waals surface area contributed by atoms with Crippen LogP contribution in [0, 0.1) is 0 Å². The molecule has 5 heteroatoms. The van der Waals surface area contributed by atoms with Crippen molar-refractivity contribution >= 4 is 19.3 Å². The minimum Gasteiger partial charge on any atom is -0.467 e. The minimum atomic E-state index is -0.563. The fraction of sp³-hybridized carbons (Fsp3) is 0.500. The lowest BCUT2D eigenvalue weighted by molar-refractivity contribution is -0.146. The van der Waals surface area contributed by atoms with Crippen LogP contribution in [-0.2, 0) is 15.1 Å². The molecule has 1 aromatic heterocycles. The Morgan fingerprint density at radius 1 is 1.77 bits per heavy atom. The number of carbonyl (C=O) groups is 1. The zero-order valence-corrected chi connectivity index (χ0v) is 7.36. The van der Waals surface area contributed by atoms with Crippen LogP contribution < -0.4 is 5.46 Å². The number of hydrogen-bond acceptors (Lipinski definition) is 3. The van der Waals surface area contributed by atoms with E-state index in [1.54, 1.807) is 10.9 Å². The van der Waals surface area contributed by atoms with Gasteiger partial charge in [-0.25, -0.2) is 4.79 Å². The summed E-state index contributed by atoms with van der Waals surface area (Å²) in [7, 11) is 6.89. The average molecular weight is 176 g/mol. The topological polar surface area (TPSA) is 44.1 Å². The van der Waals surface area contributed by atoms with Crippen molar-refractivity contribution in [1.29, 1.82) is 0 Å². The van der Waals surface area contributed by atoms with Gasteiger partial charge in [0.2, 0.25) is 0 Å². The molecule has 1 heterocycles. The van der Waals surface area contributed by atoms with Crippen LogP contribution in [0.3, 0.4) is 0 Å². The van der Waals surface area contributed by atoms with Gasteiger partial charge in [-0.3, -0.25) is 4.68 Å². The number of esters is 1. The molecule has 1 fully saturated rings. The highest BCUT2D eigenvalue weighted by atomic mass is 16.5. The summed E-state index contributed by atoms with van der Waals surface area (Å²) in [6.45, 7) is 0. The van der Waals surface area contributed by atoms with Crippen LogP contribution in [0.4, 0.5) is 0 Å². The maximum atomic E-state index is 11.4. The largest absolute Gasteiger partial charge is 0.467 e. The summed E-state index contributed by atoms with van der Waals surface area (Å²) in [5, 5.41) is 4.01. The van der Waals surface area contributed by atoms with Gasteiger partial charge < -0.3 is 4.74 Å². The van der Waals surface area contributed by atoms with E-state index >= 15 is 0 Å².